The van der Waals surface area contributed by atoms with Crippen molar-refractivity contribution in [2.24, 2.45) is 0 Å². The molecule has 0 bridgehead atoms. The Bertz CT molecular complexity index is 554. The zero-order chi connectivity index (χ0) is 13.8. The largest absolute Gasteiger partial charge is 0.494 e. The molecule has 102 valence electrons. The third-order valence-corrected chi connectivity index (χ3v) is 2.96. The number of aliphatic hydroxyl groups excluding tert-OH is 1. The van der Waals surface area contributed by atoms with E-state index >= 15 is 0 Å². The van der Waals surface area contributed by atoms with Crippen molar-refractivity contribution in [2.45, 2.75) is 26.0 Å². The van der Waals surface area contributed by atoms with Crippen molar-refractivity contribution in [1.29, 1.82) is 0 Å². The van der Waals surface area contributed by atoms with E-state index in [1.807, 2.05) is 6.92 Å². The van der Waals surface area contributed by atoms with Gasteiger partial charge in [0.2, 0.25) is 0 Å². The van der Waals surface area contributed by atoms with E-state index in [1.54, 1.807) is 23.0 Å². The maximum atomic E-state index is 13.4. The summed E-state index contributed by atoms with van der Waals surface area (Å²) in [7, 11) is 1.40. The van der Waals surface area contributed by atoms with Gasteiger partial charge in [-0.05, 0) is 30.2 Å². The fourth-order valence-electron chi connectivity index (χ4n) is 1.99. The number of hydrogen-bond donors (Lipinski definition) is 1. The molecule has 1 N–H and O–H groups in total. The Morgan fingerprint density at radius 1 is 1.42 bits per heavy atom. The van der Waals surface area contributed by atoms with Crippen LogP contribution < -0.4 is 4.74 Å². The summed E-state index contributed by atoms with van der Waals surface area (Å²) in [4.78, 5) is 0. The van der Waals surface area contributed by atoms with Gasteiger partial charge in [-0.15, -0.1) is 0 Å². The molecule has 5 heteroatoms. The van der Waals surface area contributed by atoms with Gasteiger partial charge in [-0.25, -0.2) is 4.39 Å². The Kier molecular flexibility index (Phi) is 4.16. The summed E-state index contributed by atoms with van der Waals surface area (Å²) in [5.74, 6) is -0.321. The van der Waals surface area contributed by atoms with E-state index in [1.165, 1.54) is 19.2 Å². The molecule has 0 radical (unpaired) electrons. The lowest BCUT2D eigenvalue weighted by Crippen LogP contribution is -2.10. The van der Waals surface area contributed by atoms with Crippen molar-refractivity contribution in [1.82, 2.24) is 9.78 Å². The van der Waals surface area contributed by atoms with E-state index in [-0.39, 0.29) is 5.75 Å². The molecule has 4 nitrogen and oxygen atoms in total. The van der Waals surface area contributed by atoms with Crippen molar-refractivity contribution in [3.8, 4) is 5.75 Å². The molecule has 0 saturated heterocycles. The second-order valence-electron chi connectivity index (χ2n) is 4.28. The predicted molar refractivity (Wildman–Crippen MR) is 69.5 cm³/mol. The number of ether oxygens (including phenoxy) is 1. The van der Waals surface area contributed by atoms with Crippen molar-refractivity contribution in [2.75, 3.05) is 7.11 Å². The first-order chi connectivity index (χ1) is 9.17. The number of methoxy groups -OCH3 is 1. The lowest BCUT2D eigenvalue weighted by molar-refractivity contribution is 0.206. The lowest BCUT2D eigenvalue weighted by atomic mass is 10.1. The molecule has 0 aliphatic heterocycles. The summed E-state index contributed by atoms with van der Waals surface area (Å²) in [6.07, 6.45) is 1.73. The first kappa shape index (κ1) is 13.5. The summed E-state index contributed by atoms with van der Waals surface area (Å²) in [6.45, 7) is 2.77. The van der Waals surface area contributed by atoms with Crippen molar-refractivity contribution < 1.29 is 14.2 Å². The minimum Gasteiger partial charge on any atom is -0.494 e. The Labute approximate surface area is 111 Å². The van der Waals surface area contributed by atoms with Crippen molar-refractivity contribution >= 4 is 0 Å². The zero-order valence-corrected chi connectivity index (χ0v) is 11.0. The maximum absolute atomic E-state index is 13.4. The van der Waals surface area contributed by atoms with E-state index in [9.17, 15) is 9.50 Å². The molecule has 0 aliphatic rings. The second-order valence-corrected chi connectivity index (χ2v) is 4.28. The van der Waals surface area contributed by atoms with Crippen LogP contribution in [0.4, 0.5) is 4.39 Å². The van der Waals surface area contributed by atoms with Crippen LogP contribution in [0.5, 0.6) is 5.75 Å². The molecule has 0 amide bonds. The fourth-order valence-corrected chi connectivity index (χ4v) is 1.99. The molecular weight excluding hydrogens is 247 g/mol. The second kappa shape index (κ2) is 5.84. The Balaban J connectivity index is 2.32. The minimum atomic E-state index is -0.844. The number of aliphatic hydroxyl groups is 1. The Morgan fingerprint density at radius 3 is 2.89 bits per heavy atom. The van der Waals surface area contributed by atoms with E-state index in [2.05, 4.69) is 5.10 Å². The topological polar surface area (TPSA) is 47.3 Å². The van der Waals surface area contributed by atoms with Gasteiger partial charge < -0.3 is 9.84 Å². The predicted octanol–water partition coefficient (Wildman–Crippen LogP) is 2.52. The molecule has 2 aromatic rings. The van der Waals surface area contributed by atoms with Crippen LogP contribution in [0, 0.1) is 5.82 Å². The molecular formula is C14H17FN2O2. The third-order valence-electron chi connectivity index (χ3n) is 2.96. The van der Waals surface area contributed by atoms with E-state index in [0.29, 0.717) is 11.3 Å². The highest BCUT2D eigenvalue weighted by Crippen LogP contribution is 2.26. The molecule has 0 aliphatic carbocycles. The van der Waals surface area contributed by atoms with Crippen LogP contribution in [0.15, 0.2) is 30.5 Å². The number of hydrogen-bond acceptors (Lipinski definition) is 3. The van der Waals surface area contributed by atoms with Crippen LogP contribution in [0.3, 0.4) is 0 Å². The average molecular weight is 264 g/mol. The highest BCUT2D eigenvalue weighted by molar-refractivity contribution is 5.34. The normalized spacial score (nSPS) is 12.4. The van der Waals surface area contributed by atoms with Crippen molar-refractivity contribution in [3.63, 3.8) is 0 Å². The van der Waals surface area contributed by atoms with Gasteiger partial charge in [0.05, 0.1) is 12.8 Å². The summed E-state index contributed by atoms with van der Waals surface area (Å²) in [5, 5.41) is 14.5. The van der Waals surface area contributed by atoms with Gasteiger partial charge in [0, 0.05) is 12.7 Å². The maximum Gasteiger partial charge on any atom is 0.165 e. The van der Waals surface area contributed by atoms with E-state index in [0.717, 1.165) is 13.0 Å². The molecule has 1 unspecified atom stereocenters. The van der Waals surface area contributed by atoms with Crippen LogP contribution in [0.25, 0.3) is 0 Å². The SMILES string of the molecule is CCCn1nccc1C(O)c1ccc(F)c(OC)c1. The number of aromatic nitrogens is 2. The fraction of sp³-hybridized carbons (Fsp3) is 0.357. The summed E-state index contributed by atoms with van der Waals surface area (Å²) in [6, 6.07) is 6.10. The number of benzene rings is 1. The van der Waals surface area contributed by atoms with Gasteiger partial charge in [0.25, 0.3) is 0 Å². The minimum absolute atomic E-state index is 0.123. The number of nitrogens with zero attached hydrogens (tertiary/aromatic N) is 2. The molecule has 19 heavy (non-hydrogen) atoms. The summed E-state index contributed by atoms with van der Waals surface area (Å²) in [5.41, 5.74) is 1.27. The van der Waals surface area contributed by atoms with Gasteiger partial charge in [-0.2, -0.15) is 5.10 Å². The van der Waals surface area contributed by atoms with Crippen LogP contribution in [0.1, 0.15) is 30.7 Å². The summed E-state index contributed by atoms with van der Waals surface area (Å²) >= 11 is 0. The van der Waals surface area contributed by atoms with Gasteiger partial charge in [-0.1, -0.05) is 13.0 Å². The Morgan fingerprint density at radius 2 is 2.21 bits per heavy atom. The van der Waals surface area contributed by atoms with Gasteiger partial charge in [-0.3, -0.25) is 4.68 Å². The average Bonchev–Trinajstić information content (AvgIpc) is 2.87. The molecule has 0 saturated carbocycles. The molecule has 1 heterocycles. The van der Waals surface area contributed by atoms with Crippen LogP contribution >= 0.6 is 0 Å². The van der Waals surface area contributed by atoms with Gasteiger partial charge in [0.1, 0.15) is 6.10 Å². The molecule has 1 aromatic carbocycles. The highest BCUT2D eigenvalue weighted by atomic mass is 19.1. The first-order valence-corrected chi connectivity index (χ1v) is 6.20. The quantitative estimate of drug-likeness (QED) is 0.902. The Hall–Kier alpha value is -1.88. The van der Waals surface area contributed by atoms with Crippen LogP contribution in [-0.2, 0) is 6.54 Å². The van der Waals surface area contributed by atoms with Crippen LogP contribution in [-0.4, -0.2) is 22.0 Å². The van der Waals surface area contributed by atoms with Gasteiger partial charge >= 0.3 is 0 Å². The van der Waals surface area contributed by atoms with E-state index in [4.69, 9.17) is 4.74 Å². The third kappa shape index (κ3) is 2.76. The number of halogens is 1. The molecule has 1 atom stereocenters. The number of aryl methyl sites for hydroxylation is 1. The van der Waals surface area contributed by atoms with Crippen LogP contribution in [0.2, 0.25) is 0 Å². The molecule has 1 aromatic heterocycles. The molecule has 0 fully saturated rings. The monoisotopic (exact) mass is 264 g/mol. The summed E-state index contributed by atoms with van der Waals surface area (Å²) < 4.78 is 20.0. The van der Waals surface area contributed by atoms with Gasteiger partial charge in [0.15, 0.2) is 11.6 Å². The molecule has 2 rings (SSSR count). The van der Waals surface area contributed by atoms with E-state index < -0.39 is 11.9 Å². The zero-order valence-electron chi connectivity index (χ0n) is 11.0. The number of rotatable bonds is 5. The standard InChI is InChI=1S/C14H17FN2O2/c1-3-8-17-12(6-7-16-17)14(18)10-4-5-11(15)13(9-10)19-2/h4-7,9,14,18H,3,8H2,1-2H3. The van der Waals surface area contributed by atoms with Crippen molar-refractivity contribution in [3.05, 3.63) is 47.5 Å². The smallest absolute Gasteiger partial charge is 0.165 e. The lowest BCUT2D eigenvalue weighted by Gasteiger charge is -2.14. The highest BCUT2D eigenvalue weighted by Gasteiger charge is 2.17. The molecule has 0 spiro atoms. The first-order valence-electron chi connectivity index (χ1n) is 6.20.